The third-order valence-corrected chi connectivity index (χ3v) is 9.57. The quantitative estimate of drug-likeness (QED) is 0.192. The van der Waals surface area contributed by atoms with Crippen LogP contribution in [0.1, 0.15) is 214 Å². The van der Waals surface area contributed by atoms with Crippen LogP contribution in [0.15, 0.2) is 49.3 Å². The number of aromatic nitrogens is 5. The third kappa shape index (κ3) is 104. The zero-order chi connectivity index (χ0) is 62.0. The van der Waals surface area contributed by atoms with Crippen molar-refractivity contribution in [3.8, 4) is 6.07 Å². The lowest BCUT2D eigenvalue weighted by molar-refractivity contribution is -0.140. The topological polar surface area (TPSA) is 221 Å². The van der Waals surface area contributed by atoms with Crippen LogP contribution in [-0.4, -0.2) is 98.3 Å². The molecule has 0 saturated heterocycles. The molecule has 0 bridgehead atoms. The monoisotopic (exact) mass is 1190 g/mol. The lowest BCUT2D eigenvalue weighted by Gasteiger charge is -2.00. The number of hydrogen-bond acceptors (Lipinski definition) is 10. The molecule has 19 heteroatoms. The normalized spacial score (nSPS) is 10.1. The number of carbonyl (C=O) groups is 2. The van der Waals surface area contributed by atoms with Crippen molar-refractivity contribution in [2.75, 3.05) is 18.3 Å². The molecule has 0 saturated carbocycles. The summed E-state index contributed by atoms with van der Waals surface area (Å²) in [6.45, 7) is 48.9. The maximum absolute atomic E-state index is 11.0. The summed E-state index contributed by atoms with van der Waals surface area (Å²) in [7, 11) is -3.70. The maximum atomic E-state index is 11.0. The van der Waals surface area contributed by atoms with E-state index >= 15 is 0 Å². The molecule has 3 aromatic heterocycles. The van der Waals surface area contributed by atoms with Gasteiger partial charge >= 0.3 is 5.97 Å². The molecular weight excluding hydrogens is 1080 g/mol. The summed E-state index contributed by atoms with van der Waals surface area (Å²) in [6.07, 6.45) is 14.4. The molecule has 3 rings (SSSR count). The number of aliphatic carboxylic acids is 1. The Hall–Kier alpha value is -3.40. The summed E-state index contributed by atoms with van der Waals surface area (Å²) >= 11 is 8.55. The van der Waals surface area contributed by atoms with Gasteiger partial charge in [-0.15, -0.1) is 11.6 Å². The number of carbonyl (C=O) groups excluding carboxylic acids is 1. The third-order valence-electron chi connectivity index (χ3n) is 6.93. The molecule has 3 N–H and O–H groups in total. The van der Waals surface area contributed by atoms with Crippen molar-refractivity contribution in [2.45, 2.75) is 225 Å². The van der Waals surface area contributed by atoms with Crippen molar-refractivity contribution < 1.29 is 35.9 Å². The number of hydrogen-bond donors (Lipinski definition) is 2. The van der Waals surface area contributed by atoms with Crippen LogP contribution >= 0.6 is 27.5 Å². The van der Waals surface area contributed by atoms with E-state index in [-0.39, 0.29) is 34.7 Å². The Labute approximate surface area is 474 Å². The Balaban J connectivity index is -0.0000000933. The number of nitrogens with two attached hydrogens (primary N) is 1. The summed E-state index contributed by atoms with van der Waals surface area (Å²) in [5.74, 6) is 1.57. The first kappa shape index (κ1) is 91.1. The van der Waals surface area contributed by atoms with Crippen molar-refractivity contribution in [2.24, 2.45) is 36.5 Å². The molecule has 3 heterocycles. The fraction of sp³-hybridized carbons (Fsp3) is 0.750. The fourth-order valence-corrected chi connectivity index (χ4v) is 3.03. The van der Waals surface area contributed by atoms with E-state index in [9.17, 15) is 30.8 Å². The standard InChI is InChI=1S/C9H16N2O2S.C8H11N.C7H12N2.C4H9NO.C4H7N.C4H10O2S.C4H8O2.C4H10.C3H7Br.C3H7Cl.C3H7F.C3H8/c1-8(2)9-6-10-11(7-9)4-5-14(3,12)13;1-7(2)8-4-3-5-9-6-8;1-6(2)7-4-8-9(3)5-7;1-3(2)4(5)6;1-4(2)3-5;1-4(2)7(3,5)6;1-3(2)4(5)6;1-4(2)3;3*1-3(2)4;1-3-2/h6-8H,4-5H2,1-3H3;3-7H,1-2H3;4-6H,1-3H3;3H,1-2H3,(H2,5,6);4H,1-2H3;4H,1-3H3;3H,1-2H3,(H,5,6);4H,1-3H3;3*3H,1-2H3;3H2,1-2H3. The lowest BCUT2D eigenvalue weighted by Crippen LogP contribution is -2.17. The van der Waals surface area contributed by atoms with Crippen LogP contribution in [-0.2, 0) is 42.9 Å². The number of primary amides is 1. The van der Waals surface area contributed by atoms with Crippen molar-refractivity contribution in [3.63, 3.8) is 0 Å². The highest BCUT2D eigenvalue weighted by Gasteiger charge is 2.07. The highest BCUT2D eigenvalue weighted by atomic mass is 79.9. The molecule has 0 aliphatic heterocycles. The van der Waals surface area contributed by atoms with E-state index in [0.29, 0.717) is 34.5 Å². The first-order chi connectivity index (χ1) is 33.7. The highest BCUT2D eigenvalue weighted by molar-refractivity contribution is 9.09. The van der Waals surface area contributed by atoms with Crippen molar-refractivity contribution >= 4 is 59.1 Å². The molecule has 0 fully saturated rings. The van der Waals surface area contributed by atoms with Crippen LogP contribution in [0.3, 0.4) is 0 Å². The molecule has 1 amide bonds. The van der Waals surface area contributed by atoms with E-state index in [0.717, 1.165) is 11.5 Å². The van der Waals surface area contributed by atoms with Gasteiger partial charge in [0, 0.05) is 66.4 Å². The fourth-order valence-electron chi connectivity index (χ4n) is 2.52. The zero-order valence-corrected chi connectivity index (χ0v) is 56.2. The minimum atomic E-state index is -2.89. The Bertz CT molecular complexity index is 1910. The van der Waals surface area contributed by atoms with E-state index in [1.54, 1.807) is 58.6 Å². The molecule has 0 atom stereocenters. The lowest BCUT2D eigenvalue weighted by atomic mass is 10.1. The number of carboxylic acids is 1. The number of halogens is 3. The number of nitrogens with zero attached hydrogens (tertiary/aromatic N) is 6. The number of nitriles is 1. The van der Waals surface area contributed by atoms with Crippen LogP contribution in [0, 0.1) is 35.0 Å². The van der Waals surface area contributed by atoms with Gasteiger partial charge in [0.25, 0.3) is 0 Å². The summed E-state index contributed by atoms with van der Waals surface area (Å²) in [6, 6.07) is 6.09. The Morgan fingerprint density at radius 2 is 1.03 bits per heavy atom. The highest BCUT2D eigenvalue weighted by Crippen LogP contribution is 2.13. The average molecular weight is 1190 g/mol. The van der Waals surface area contributed by atoms with E-state index in [1.165, 1.54) is 43.9 Å². The number of carboxylic acid groups (broad SMARTS) is 1. The van der Waals surface area contributed by atoms with Gasteiger partial charge in [-0.2, -0.15) is 15.5 Å². The molecule has 0 radical (unpaired) electrons. The molecule has 0 aromatic carbocycles. The number of aryl methyl sites for hydroxylation is 2. The molecule has 446 valence electrons. The van der Waals surface area contributed by atoms with E-state index in [4.69, 9.17) is 27.7 Å². The van der Waals surface area contributed by atoms with E-state index < -0.39 is 31.8 Å². The van der Waals surface area contributed by atoms with Gasteiger partial charge in [0.15, 0.2) is 0 Å². The van der Waals surface area contributed by atoms with E-state index in [2.05, 4.69) is 127 Å². The number of pyridine rings is 1. The second-order valence-corrected chi connectivity index (χ2v) is 28.1. The Kier molecular flexibility index (Phi) is 69.0. The van der Waals surface area contributed by atoms with Gasteiger partial charge in [-0.1, -0.05) is 146 Å². The molecule has 0 spiro atoms. The van der Waals surface area contributed by atoms with Gasteiger partial charge in [0.1, 0.15) is 19.7 Å². The summed E-state index contributed by atoms with van der Waals surface area (Å²) in [4.78, 5) is 24.3. The van der Waals surface area contributed by atoms with Crippen LogP contribution in [0.2, 0.25) is 0 Å². The van der Waals surface area contributed by atoms with Crippen LogP contribution in [0.25, 0.3) is 0 Å². The molecule has 0 aliphatic rings. The molecule has 75 heavy (non-hydrogen) atoms. The second-order valence-electron chi connectivity index (χ2n) is 20.6. The predicted octanol–water partition coefficient (Wildman–Crippen LogP) is 15.1. The van der Waals surface area contributed by atoms with E-state index in [1.807, 2.05) is 76.3 Å². The molecule has 0 unspecified atom stereocenters. The maximum Gasteiger partial charge on any atom is 0.305 e. The molecular formula is C56H112BrClFN7O7S2. The SMILES string of the molecule is CC(C)Br.CC(C)C.CC(C)C#N.CC(C)C(=O)O.CC(C)C(N)=O.CC(C)Cl.CC(C)F.CC(C)S(C)(=O)=O.CC(C)c1cccnc1.CC(C)c1cnn(C)c1.CC(C)c1cnn(CCS(C)(=O)=O)c1.CCC. The van der Waals surface area contributed by atoms with Crippen molar-refractivity contribution in [3.05, 3.63) is 66.0 Å². The Morgan fingerprint density at radius 1 is 0.733 bits per heavy atom. The van der Waals surface area contributed by atoms with Crippen molar-refractivity contribution in [1.29, 1.82) is 5.26 Å². The smallest absolute Gasteiger partial charge is 0.305 e. The van der Waals surface area contributed by atoms with Gasteiger partial charge in [0.2, 0.25) is 5.91 Å². The van der Waals surface area contributed by atoms with Crippen molar-refractivity contribution in [1.82, 2.24) is 24.5 Å². The average Bonchev–Trinajstić information content (AvgIpc) is 3.91. The van der Waals surface area contributed by atoms with Gasteiger partial charge in [-0.05, 0) is 102 Å². The van der Waals surface area contributed by atoms with Gasteiger partial charge in [-0.3, -0.25) is 23.9 Å². The van der Waals surface area contributed by atoms with Gasteiger partial charge in [-0.25, -0.2) is 21.2 Å². The minimum Gasteiger partial charge on any atom is -0.481 e. The molecule has 14 nitrogen and oxygen atoms in total. The van der Waals surface area contributed by atoms with Gasteiger partial charge in [0.05, 0.1) is 48.1 Å². The number of alkyl halides is 3. The van der Waals surface area contributed by atoms with Gasteiger partial charge < -0.3 is 10.8 Å². The number of rotatable bonds is 9. The minimum absolute atomic E-state index is 0.00926. The largest absolute Gasteiger partial charge is 0.481 e. The molecule has 3 aromatic rings. The van der Waals surface area contributed by atoms with Crippen LogP contribution in [0.4, 0.5) is 4.39 Å². The number of sulfone groups is 2. The first-order valence-corrected chi connectivity index (χ1v) is 31.2. The summed E-state index contributed by atoms with van der Waals surface area (Å²) in [5, 5.41) is 24.1. The second kappa shape index (κ2) is 56.8. The summed E-state index contributed by atoms with van der Waals surface area (Å²) in [5.41, 5.74) is 8.54. The van der Waals surface area contributed by atoms with Crippen LogP contribution in [0.5, 0.6) is 0 Å². The van der Waals surface area contributed by atoms with Crippen LogP contribution < -0.4 is 5.73 Å². The Morgan fingerprint density at radius 3 is 1.17 bits per heavy atom. The summed E-state index contributed by atoms with van der Waals surface area (Å²) < 4.78 is 57.0. The zero-order valence-electron chi connectivity index (χ0n) is 52.2. The predicted molar refractivity (Wildman–Crippen MR) is 326 cm³/mol. The first-order valence-electron chi connectivity index (χ1n) is 25.8. The molecule has 0 aliphatic carbocycles. The number of amides is 1.